The summed E-state index contributed by atoms with van der Waals surface area (Å²) < 4.78 is 2.22. The van der Waals surface area contributed by atoms with E-state index in [9.17, 15) is 4.79 Å². The summed E-state index contributed by atoms with van der Waals surface area (Å²) in [5.74, 6) is -0.0223. The van der Waals surface area contributed by atoms with E-state index in [1.807, 2.05) is 42.7 Å². The third kappa shape index (κ3) is 3.61. The van der Waals surface area contributed by atoms with Crippen molar-refractivity contribution in [2.75, 3.05) is 6.54 Å². The van der Waals surface area contributed by atoms with Gasteiger partial charge in [-0.05, 0) is 74.4 Å². The first kappa shape index (κ1) is 19.6. The van der Waals surface area contributed by atoms with Crippen LogP contribution in [0.2, 0.25) is 5.02 Å². The van der Waals surface area contributed by atoms with Gasteiger partial charge in [0, 0.05) is 34.6 Å². The van der Waals surface area contributed by atoms with Crippen LogP contribution in [-0.4, -0.2) is 28.0 Å². The third-order valence-corrected chi connectivity index (χ3v) is 7.12. The maximum atomic E-state index is 12.9. The quantitative estimate of drug-likeness (QED) is 0.631. The van der Waals surface area contributed by atoms with Crippen molar-refractivity contribution in [2.45, 2.75) is 56.0 Å². The van der Waals surface area contributed by atoms with Crippen LogP contribution < -0.4 is 11.1 Å². The maximum Gasteiger partial charge on any atom is 0.251 e. The average molecular weight is 423 g/mol. The van der Waals surface area contributed by atoms with Crippen molar-refractivity contribution in [3.8, 4) is 0 Å². The minimum absolute atomic E-state index is 0.0223. The van der Waals surface area contributed by atoms with Crippen LogP contribution in [0.15, 0.2) is 48.8 Å². The Kier molecular flexibility index (Phi) is 5.03. The van der Waals surface area contributed by atoms with Crippen LogP contribution in [0.3, 0.4) is 0 Å². The zero-order chi connectivity index (χ0) is 20.7. The second-order valence-electron chi connectivity index (χ2n) is 8.83. The number of nitrogens with zero attached hydrogens (tertiary/aromatic N) is 2. The molecule has 0 saturated heterocycles. The smallest absolute Gasteiger partial charge is 0.251 e. The molecule has 2 saturated carbocycles. The molecule has 1 heterocycles. The van der Waals surface area contributed by atoms with Gasteiger partial charge in [-0.25, -0.2) is 4.98 Å². The fraction of sp³-hybridized carbons (Fsp3) is 0.417. The van der Waals surface area contributed by atoms with Crippen molar-refractivity contribution in [1.29, 1.82) is 0 Å². The number of carbonyl (C=O) groups is 1. The fourth-order valence-electron chi connectivity index (χ4n) is 4.83. The Morgan fingerprint density at radius 3 is 2.67 bits per heavy atom. The van der Waals surface area contributed by atoms with E-state index < -0.39 is 0 Å². The van der Waals surface area contributed by atoms with Gasteiger partial charge in [-0.1, -0.05) is 23.7 Å². The standard InChI is InChI=1S/C24H27ClN4O/c25-18-3-1-2-17(13-18)24(14-26)10-8-19(9-11-24)28-23(30)16-4-7-22-21(12-16)27-15-29(22)20-5-6-20/h1-4,7,12-13,15,19-20H,5-6,8-11,14,26H2,(H,28,30). The molecule has 2 aromatic carbocycles. The number of halogens is 1. The number of fused-ring (bicyclic) bond motifs is 1. The fourth-order valence-corrected chi connectivity index (χ4v) is 5.02. The van der Waals surface area contributed by atoms with Gasteiger partial charge in [-0.2, -0.15) is 0 Å². The Hall–Kier alpha value is -2.37. The van der Waals surface area contributed by atoms with E-state index in [0.29, 0.717) is 18.2 Å². The molecule has 5 nitrogen and oxygen atoms in total. The summed E-state index contributed by atoms with van der Waals surface area (Å²) in [4.78, 5) is 17.4. The topological polar surface area (TPSA) is 72.9 Å². The number of imidazole rings is 1. The largest absolute Gasteiger partial charge is 0.349 e. The zero-order valence-corrected chi connectivity index (χ0v) is 17.7. The molecule has 1 amide bonds. The lowest BCUT2D eigenvalue weighted by Crippen LogP contribution is -2.45. The Labute approximate surface area is 181 Å². The van der Waals surface area contributed by atoms with Gasteiger partial charge in [0.1, 0.15) is 0 Å². The van der Waals surface area contributed by atoms with Crippen molar-refractivity contribution in [3.05, 3.63) is 64.9 Å². The van der Waals surface area contributed by atoms with Crippen molar-refractivity contribution < 1.29 is 4.79 Å². The number of hydrogen-bond donors (Lipinski definition) is 2. The third-order valence-electron chi connectivity index (χ3n) is 6.88. The molecule has 0 atom stereocenters. The van der Waals surface area contributed by atoms with Gasteiger partial charge in [-0.3, -0.25) is 4.79 Å². The van der Waals surface area contributed by atoms with Crippen molar-refractivity contribution in [3.63, 3.8) is 0 Å². The number of benzene rings is 2. The van der Waals surface area contributed by atoms with E-state index in [-0.39, 0.29) is 17.4 Å². The predicted molar refractivity (Wildman–Crippen MR) is 120 cm³/mol. The minimum Gasteiger partial charge on any atom is -0.349 e. The Balaban J connectivity index is 1.26. The van der Waals surface area contributed by atoms with Gasteiger partial charge in [-0.15, -0.1) is 0 Å². The molecule has 1 aromatic heterocycles. The van der Waals surface area contributed by atoms with Gasteiger partial charge in [0.25, 0.3) is 5.91 Å². The summed E-state index contributed by atoms with van der Waals surface area (Å²) in [5.41, 5.74) is 10.0. The first-order valence-electron chi connectivity index (χ1n) is 10.8. The number of rotatable bonds is 5. The number of carbonyl (C=O) groups excluding carboxylic acids is 1. The Bertz CT molecular complexity index is 1080. The SMILES string of the molecule is NCC1(c2cccc(Cl)c2)CCC(NC(=O)c2ccc3c(c2)ncn3C2CC2)CC1. The molecule has 3 aromatic rings. The molecule has 2 aliphatic carbocycles. The normalized spacial score (nSPS) is 24.1. The minimum atomic E-state index is -0.0549. The van der Waals surface area contributed by atoms with Crippen molar-refractivity contribution >= 4 is 28.5 Å². The summed E-state index contributed by atoms with van der Waals surface area (Å²) in [6, 6.07) is 14.6. The van der Waals surface area contributed by atoms with Gasteiger partial charge >= 0.3 is 0 Å². The Morgan fingerprint density at radius 1 is 1.17 bits per heavy atom. The molecule has 0 aliphatic heterocycles. The molecule has 5 rings (SSSR count). The van der Waals surface area contributed by atoms with E-state index in [0.717, 1.165) is 41.7 Å². The number of nitrogens with two attached hydrogens (primary N) is 1. The summed E-state index contributed by atoms with van der Waals surface area (Å²) in [6.07, 6.45) is 8.04. The summed E-state index contributed by atoms with van der Waals surface area (Å²) >= 11 is 6.21. The van der Waals surface area contributed by atoms with Crippen LogP contribution in [-0.2, 0) is 5.41 Å². The highest BCUT2D eigenvalue weighted by Gasteiger charge is 2.36. The van der Waals surface area contributed by atoms with Crippen LogP contribution in [0.1, 0.15) is 60.5 Å². The molecule has 156 valence electrons. The number of hydrogen-bond acceptors (Lipinski definition) is 3. The van der Waals surface area contributed by atoms with E-state index in [1.54, 1.807) is 0 Å². The molecule has 3 N–H and O–H groups in total. The second-order valence-corrected chi connectivity index (χ2v) is 9.27. The maximum absolute atomic E-state index is 12.9. The summed E-state index contributed by atoms with van der Waals surface area (Å²) in [5, 5.41) is 3.97. The number of nitrogens with one attached hydrogen (secondary N) is 1. The van der Waals surface area contributed by atoms with Gasteiger partial charge in [0.05, 0.1) is 17.4 Å². The lowest BCUT2D eigenvalue weighted by atomic mass is 9.68. The molecule has 30 heavy (non-hydrogen) atoms. The van der Waals surface area contributed by atoms with E-state index in [4.69, 9.17) is 17.3 Å². The van der Waals surface area contributed by atoms with E-state index in [1.165, 1.54) is 18.4 Å². The van der Waals surface area contributed by atoms with Crippen LogP contribution in [0.25, 0.3) is 11.0 Å². The lowest BCUT2D eigenvalue weighted by molar-refractivity contribution is 0.0918. The van der Waals surface area contributed by atoms with Crippen LogP contribution >= 0.6 is 11.6 Å². The predicted octanol–water partition coefficient (Wildman–Crippen LogP) is 4.59. The lowest BCUT2D eigenvalue weighted by Gasteiger charge is -2.40. The zero-order valence-electron chi connectivity index (χ0n) is 17.0. The van der Waals surface area contributed by atoms with Crippen molar-refractivity contribution in [1.82, 2.24) is 14.9 Å². The molecule has 2 fully saturated rings. The Morgan fingerprint density at radius 2 is 1.97 bits per heavy atom. The first-order valence-corrected chi connectivity index (χ1v) is 11.2. The molecular formula is C24H27ClN4O. The molecule has 2 aliphatic rings. The van der Waals surface area contributed by atoms with Crippen molar-refractivity contribution in [2.24, 2.45) is 5.73 Å². The highest BCUT2D eigenvalue weighted by atomic mass is 35.5. The highest BCUT2D eigenvalue weighted by Crippen LogP contribution is 2.40. The first-order chi connectivity index (χ1) is 14.6. The molecule has 0 radical (unpaired) electrons. The van der Waals surface area contributed by atoms with E-state index in [2.05, 4.69) is 20.9 Å². The van der Waals surface area contributed by atoms with Crippen LogP contribution in [0.5, 0.6) is 0 Å². The molecule has 6 heteroatoms. The van der Waals surface area contributed by atoms with Crippen LogP contribution in [0, 0.1) is 0 Å². The summed E-state index contributed by atoms with van der Waals surface area (Å²) in [6.45, 7) is 0.592. The average Bonchev–Trinajstić information content (AvgIpc) is 3.53. The molecule has 0 unspecified atom stereocenters. The number of aromatic nitrogens is 2. The molecule has 0 bridgehead atoms. The highest BCUT2D eigenvalue weighted by molar-refractivity contribution is 6.30. The monoisotopic (exact) mass is 422 g/mol. The molecular weight excluding hydrogens is 396 g/mol. The van der Waals surface area contributed by atoms with Gasteiger partial charge in [0.15, 0.2) is 0 Å². The summed E-state index contributed by atoms with van der Waals surface area (Å²) in [7, 11) is 0. The van der Waals surface area contributed by atoms with E-state index >= 15 is 0 Å². The second kappa shape index (κ2) is 7.71. The number of amides is 1. The molecule has 0 spiro atoms. The van der Waals surface area contributed by atoms with Crippen LogP contribution in [0.4, 0.5) is 0 Å². The van der Waals surface area contributed by atoms with Gasteiger partial charge < -0.3 is 15.6 Å². The van der Waals surface area contributed by atoms with Gasteiger partial charge in [0.2, 0.25) is 0 Å².